The van der Waals surface area contributed by atoms with Crippen LogP contribution < -0.4 is 26.0 Å². The summed E-state index contributed by atoms with van der Waals surface area (Å²) in [6.45, 7) is 7.62. The molecule has 0 bridgehead atoms. The first-order chi connectivity index (χ1) is 32.8. The summed E-state index contributed by atoms with van der Waals surface area (Å²) in [5.74, 6) is 4.10. The number of amides is 4. The Morgan fingerprint density at radius 2 is 1.78 bits per heavy atom. The van der Waals surface area contributed by atoms with Crippen LogP contribution >= 0.6 is 23.2 Å². The molecule has 4 N–H and O–H groups in total. The van der Waals surface area contributed by atoms with Gasteiger partial charge in [0, 0.05) is 83.8 Å². The lowest BCUT2D eigenvalue weighted by Gasteiger charge is -2.39. The van der Waals surface area contributed by atoms with Crippen molar-refractivity contribution in [1.82, 2.24) is 19.8 Å². The Morgan fingerprint density at radius 1 is 1.01 bits per heavy atom. The van der Waals surface area contributed by atoms with Gasteiger partial charge >= 0.3 is 0 Å². The average molecular weight is 996 g/mol. The molecule has 3 saturated heterocycles. The van der Waals surface area contributed by atoms with Crippen molar-refractivity contribution in [3.63, 3.8) is 0 Å². The second-order valence-corrected chi connectivity index (χ2v) is 23.3. The van der Waals surface area contributed by atoms with E-state index in [1.54, 1.807) is 24.3 Å². The summed E-state index contributed by atoms with van der Waals surface area (Å²) < 4.78 is 52.0. The zero-order chi connectivity index (χ0) is 48.8. The van der Waals surface area contributed by atoms with Crippen LogP contribution in [0.2, 0.25) is 10.0 Å². The van der Waals surface area contributed by atoms with Gasteiger partial charge in [0.15, 0.2) is 0 Å². The molecule has 1 unspecified atom stereocenters. The monoisotopic (exact) mass is 994 g/mol. The Hall–Kier alpha value is -5.50. The fourth-order valence-corrected chi connectivity index (χ4v) is 13.5. The van der Waals surface area contributed by atoms with E-state index in [1.165, 1.54) is 40.6 Å². The zero-order valence-corrected chi connectivity index (χ0v) is 41.0. The fraction of sp³-hybridized carbons (Fsp3) is 0.423. The number of ether oxygens (including phenoxy) is 1. The standard InChI is InChI=1S/C52H53Cl2FN6O7S/c1-50(2,3)26-42-52(28-56-39-23-31(53)13-15-36(39)52)44(34-9-6-10-37(54)45(34)55)46(58-42)48(64)57-38-16-14-32(24-41(38)68-4)69(66,67)60-21-19-51(20-22-60)25-30(51)12-11-29-7-5-8-33-35(29)27-61(49(33)65)40-17-18-43(62)59-47(40)63/h5-10,13-16,23-24,30,40,42,44,46,56,58H,17-22,25-28H2,1-4H3,(H,57,64)(H,59,62,63)/t30-,40?,42-,44-,46+,52-/m0/s1. The molecular weight excluding hydrogens is 943 g/mol. The average Bonchev–Trinajstić information content (AvgIpc) is 3.51. The number of piperidine rings is 2. The Kier molecular flexibility index (Phi) is 11.9. The third-order valence-corrected chi connectivity index (χ3v) is 17.7. The molecule has 4 amide bonds. The van der Waals surface area contributed by atoms with Crippen molar-refractivity contribution in [2.45, 2.75) is 100 Å². The minimum atomic E-state index is -3.97. The zero-order valence-electron chi connectivity index (χ0n) is 38.7. The quantitative estimate of drug-likeness (QED) is 0.103. The summed E-state index contributed by atoms with van der Waals surface area (Å²) in [6.07, 6.45) is 3.18. The summed E-state index contributed by atoms with van der Waals surface area (Å²) >= 11 is 12.9. The number of halogens is 3. The number of fused-ring (bicyclic) bond motifs is 3. The Bertz CT molecular complexity index is 3020. The molecular formula is C52H53Cl2FN6O7S. The first kappa shape index (κ1) is 47.2. The van der Waals surface area contributed by atoms with Gasteiger partial charge in [-0.15, -0.1) is 0 Å². The molecule has 69 heavy (non-hydrogen) atoms. The van der Waals surface area contributed by atoms with E-state index in [4.69, 9.17) is 27.9 Å². The molecule has 6 aliphatic rings. The van der Waals surface area contributed by atoms with E-state index in [2.05, 4.69) is 53.9 Å². The molecule has 4 fully saturated rings. The van der Waals surface area contributed by atoms with Crippen LogP contribution in [-0.4, -0.2) is 86.1 Å². The number of methoxy groups -OCH3 is 1. The van der Waals surface area contributed by atoms with Crippen molar-refractivity contribution >= 4 is 68.2 Å². The lowest BCUT2D eigenvalue weighted by molar-refractivity contribution is -0.137. The molecule has 10 rings (SSSR count). The lowest BCUT2D eigenvalue weighted by atomic mass is 9.63. The minimum Gasteiger partial charge on any atom is -0.495 e. The van der Waals surface area contributed by atoms with E-state index >= 15 is 4.39 Å². The van der Waals surface area contributed by atoms with E-state index in [0.717, 1.165) is 28.8 Å². The van der Waals surface area contributed by atoms with Crippen molar-refractivity contribution in [2.75, 3.05) is 37.4 Å². The van der Waals surface area contributed by atoms with Crippen LogP contribution in [0.3, 0.4) is 0 Å². The molecule has 5 aliphatic heterocycles. The van der Waals surface area contributed by atoms with E-state index in [-0.39, 0.29) is 75.3 Å². The van der Waals surface area contributed by atoms with Crippen molar-refractivity contribution in [3.8, 4) is 17.6 Å². The van der Waals surface area contributed by atoms with Gasteiger partial charge in [0.25, 0.3) is 5.91 Å². The minimum absolute atomic E-state index is 0.0219. The number of carbonyl (C=O) groups is 4. The van der Waals surface area contributed by atoms with Crippen LogP contribution in [0, 0.1) is 34.4 Å². The van der Waals surface area contributed by atoms with Gasteiger partial charge in [0.1, 0.15) is 17.6 Å². The Balaban J connectivity index is 0.845. The molecule has 5 heterocycles. The number of sulfonamides is 1. The van der Waals surface area contributed by atoms with Crippen LogP contribution in [0.15, 0.2) is 77.7 Å². The largest absolute Gasteiger partial charge is 0.495 e. The fourth-order valence-electron chi connectivity index (χ4n) is 11.7. The van der Waals surface area contributed by atoms with Crippen LogP contribution in [0.25, 0.3) is 0 Å². The van der Waals surface area contributed by atoms with Gasteiger partial charge < -0.3 is 25.6 Å². The number of anilines is 2. The summed E-state index contributed by atoms with van der Waals surface area (Å²) in [6, 6.07) is 18.3. The highest BCUT2D eigenvalue weighted by Crippen LogP contribution is 2.60. The van der Waals surface area contributed by atoms with Crippen LogP contribution in [-0.2, 0) is 36.4 Å². The van der Waals surface area contributed by atoms with Gasteiger partial charge in [-0.1, -0.05) is 80.1 Å². The number of hydrogen-bond acceptors (Lipinski definition) is 9. The lowest BCUT2D eigenvalue weighted by Crippen LogP contribution is -2.52. The summed E-state index contributed by atoms with van der Waals surface area (Å²) in [7, 11) is -2.56. The number of hydrogen-bond donors (Lipinski definition) is 4. The van der Waals surface area contributed by atoms with Gasteiger partial charge in [0.05, 0.1) is 28.8 Å². The molecule has 13 nitrogen and oxygen atoms in total. The molecule has 2 spiro atoms. The first-order valence-corrected chi connectivity index (χ1v) is 25.5. The molecule has 1 aliphatic carbocycles. The molecule has 1 saturated carbocycles. The summed E-state index contributed by atoms with van der Waals surface area (Å²) in [5.41, 5.74) is 3.18. The number of nitrogens with zero attached hydrogens (tertiary/aromatic N) is 2. The molecule has 4 aromatic carbocycles. The van der Waals surface area contributed by atoms with Gasteiger partial charge in [-0.25, -0.2) is 12.8 Å². The normalized spacial score (nSPS) is 26.0. The molecule has 360 valence electrons. The predicted octanol–water partition coefficient (Wildman–Crippen LogP) is 7.61. The topological polar surface area (TPSA) is 166 Å². The highest BCUT2D eigenvalue weighted by atomic mass is 35.5. The van der Waals surface area contributed by atoms with Gasteiger partial charge in [-0.05, 0) is 102 Å². The molecule has 0 radical (unpaired) electrons. The van der Waals surface area contributed by atoms with E-state index in [1.807, 2.05) is 24.3 Å². The first-order valence-electron chi connectivity index (χ1n) is 23.3. The van der Waals surface area contributed by atoms with Crippen molar-refractivity contribution < 1.29 is 36.7 Å². The number of rotatable bonds is 8. The number of benzene rings is 4. The molecule has 0 aromatic heterocycles. The van der Waals surface area contributed by atoms with Crippen molar-refractivity contribution in [3.05, 3.63) is 116 Å². The predicted molar refractivity (Wildman–Crippen MR) is 260 cm³/mol. The molecule has 4 aromatic rings. The SMILES string of the molecule is COc1cc(S(=O)(=O)N2CCC3(CC2)C[C@@H]3C#Cc2cccc3c2CN(C2CCC(=O)NC2=O)C3=O)ccc1NC(=O)[C@@H]1N[C@@H](CC(C)(C)C)[C@@]2(CNc3cc(Cl)ccc32)[C@H]1c1cccc(Cl)c1F. The van der Waals surface area contributed by atoms with Gasteiger partial charge in [0.2, 0.25) is 27.7 Å². The maximum Gasteiger partial charge on any atom is 0.255 e. The van der Waals surface area contributed by atoms with Crippen LogP contribution in [0.5, 0.6) is 5.75 Å². The Labute approximate surface area is 411 Å². The van der Waals surface area contributed by atoms with Crippen LogP contribution in [0.1, 0.15) is 97.8 Å². The van der Waals surface area contributed by atoms with Gasteiger partial charge in [-0.2, -0.15) is 4.31 Å². The summed E-state index contributed by atoms with van der Waals surface area (Å²) in [4.78, 5) is 54.0. The third kappa shape index (κ3) is 8.25. The smallest absolute Gasteiger partial charge is 0.255 e. The molecule has 6 atom stereocenters. The van der Waals surface area contributed by atoms with Crippen LogP contribution in [0.4, 0.5) is 15.8 Å². The van der Waals surface area contributed by atoms with E-state index in [0.29, 0.717) is 55.0 Å². The van der Waals surface area contributed by atoms with Gasteiger partial charge in [-0.3, -0.25) is 24.5 Å². The number of imide groups is 1. The second-order valence-electron chi connectivity index (χ2n) is 20.5. The highest BCUT2D eigenvalue weighted by Gasteiger charge is 2.62. The maximum atomic E-state index is 16.3. The Morgan fingerprint density at radius 3 is 2.52 bits per heavy atom. The molecule has 17 heteroatoms. The number of nitrogens with one attached hydrogen (secondary N) is 4. The highest BCUT2D eigenvalue weighted by molar-refractivity contribution is 7.89. The number of carbonyl (C=O) groups excluding carboxylic acids is 4. The second kappa shape index (κ2) is 17.4. The van der Waals surface area contributed by atoms with E-state index < -0.39 is 51.1 Å². The maximum absolute atomic E-state index is 16.3. The summed E-state index contributed by atoms with van der Waals surface area (Å²) in [5, 5.41) is 13.0. The third-order valence-electron chi connectivity index (χ3n) is 15.3. The van der Waals surface area contributed by atoms with Crippen molar-refractivity contribution in [1.29, 1.82) is 0 Å². The van der Waals surface area contributed by atoms with Crippen molar-refractivity contribution in [2.24, 2.45) is 16.7 Å². The van der Waals surface area contributed by atoms with E-state index in [9.17, 15) is 27.6 Å².